The highest BCUT2D eigenvalue weighted by Crippen LogP contribution is 2.12. The van der Waals surface area contributed by atoms with Crippen LogP contribution in [-0.2, 0) is 4.79 Å². The van der Waals surface area contributed by atoms with Crippen LogP contribution in [0.15, 0.2) is 43.0 Å². The van der Waals surface area contributed by atoms with Gasteiger partial charge in [-0.25, -0.2) is 0 Å². The van der Waals surface area contributed by atoms with Crippen LogP contribution in [0.25, 0.3) is 0 Å². The Hall–Kier alpha value is -1.61. The van der Waals surface area contributed by atoms with Crippen molar-refractivity contribution in [3.8, 4) is 0 Å². The molecular weight excluding hydrogens is 200 g/mol. The summed E-state index contributed by atoms with van der Waals surface area (Å²) in [4.78, 5) is 13.7. The molecule has 0 bridgehead atoms. The zero-order valence-corrected chi connectivity index (χ0v) is 9.60. The van der Waals surface area contributed by atoms with Crippen LogP contribution in [0.4, 0.5) is 0 Å². The molecule has 1 amide bonds. The lowest BCUT2D eigenvalue weighted by atomic mass is 10.1. The maximum atomic E-state index is 12.0. The molecule has 0 aliphatic rings. The Morgan fingerprint density at radius 2 is 2.12 bits per heavy atom. The molecule has 0 aliphatic carbocycles. The number of nitrogens with two attached hydrogens (primary N) is 1. The normalized spacial score (nSPS) is 11.9. The van der Waals surface area contributed by atoms with Crippen LogP contribution in [0, 0.1) is 0 Å². The van der Waals surface area contributed by atoms with Crippen molar-refractivity contribution in [2.45, 2.75) is 13.0 Å². The molecule has 1 rings (SSSR count). The molecule has 16 heavy (non-hydrogen) atoms. The van der Waals surface area contributed by atoms with Crippen molar-refractivity contribution < 1.29 is 4.79 Å². The summed E-state index contributed by atoms with van der Waals surface area (Å²) in [6.07, 6.45) is 1.71. The van der Waals surface area contributed by atoms with Gasteiger partial charge in [-0.1, -0.05) is 36.4 Å². The van der Waals surface area contributed by atoms with E-state index < -0.39 is 6.04 Å². The lowest BCUT2D eigenvalue weighted by Gasteiger charge is -2.23. The highest BCUT2D eigenvalue weighted by atomic mass is 16.2. The van der Waals surface area contributed by atoms with Crippen LogP contribution in [0.1, 0.15) is 18.5 Å². The van der Waals surface area contributed by atoms with Gasteiger partial charge in [0, 0.05) is 13.1 Å². The van der Waals surface area contributed by atoms with Crippen molar-refractivity contribution in [1.82, 2.24) is 4.90 Å². The fraction of sp³-hybridized carbons (Fsp3) is 0.308. The van der Waals surface area contributed by atoms with Crippen molar-refractivity contribution in [3.63, 3.8) is 0 Å². The van der Waals surface area contributed by atoms with Crippen LogP contribution in [0.2, 0.25) is 0 Å². The van der Waals surface area contributed by atoms with E-state index in [1.165, 1.54) is 0 Å². The summed E-state index contributed by atoms with van der Waals surface area (Å²) in [5.41, 5.74) is 6.76. The Balaban J connectivity index is 2.77. The van der Waals surface area contributed by atoms with E-state index in [0.717, 1.165) is 5.56 Å². The second kappa shape index (κ2) is 6.08. The van der Waals surface area contributed by atoms with Gasteiger partial charge >= 0.3 is 0 Å². The predicted molar refractivity (Wildman–Crippen MR) is 65.8 cm³/mol. The molecule has 1 atom stereocenters. The SMILES string of the molecule is C=CCN(CC)C(=O)[C@@H](N)c1ccccc1. The van der Waals surface area contributed by atoms with Gasteiger partial charge in [0.05, 0.1) is 0 Å². The van der Waals surface area contributed by atoms with E-state index in [-0.39, 0.29) is 5.91 Å². The summed E-state index contributed by atoms with van der Waals surface area (Å²) >= 11 is 0. The Bertz CT molecular complexity index is 348. The van der Waals surface area contributed by atoms with Crippen LogP contribution < -0.4 is 5.73 Å². The molecule has 0 aromatic heterocycles. The van der Waals surface area contributed by atoms with Crippen LogP contribution in [0.5, 0.6) is 0 Å². The number of carbonyl (C=O) groups is 1. The summed E-state index contributed by atoms with van der Waals surface area (Å²) < 4.78 is 0. The first-order valence-electron chi connectivity index (χ1n) is 5.41. The molecule has 0 saturated heterocycles. The standard InChI is InChI=1S/C13H18N2O/c1-3-10-15(4-2)13(16)12(14)11-8-6-5-7-9-11/h3,5-9,12H,1,4,10,14H2,2H3/t12-/m0/s1. The molecule has 0 heterocycles. The number of likely N-dealkylation sites (N-methyl/N-ethyl adjacent to an activating group) is 1. The quantitative estimate of drug-likeness (QED) is 0.765. The molecule has 0 aliphatic heterocycles. The van der Waals surface area contributed by atoms with Gasteiger partial charge in [0.15, 0.2) is 0 Å². The van der Waals surface area contributed by atoms with Crippen molar-refractivity contribution in [3.05, 3.63) is 48.6 Å². The third kappa shape index (κ3) is 2.94. The van der Waals surface area contributed by atoms with Gasteiger partial charge < -0.3 is 10.6 Å². The van der Waals surface area contributed by atoms with E-state index in [9.17, 15) is 4.79 Å². The maximum absolute atomic E-state index is 12.0. The summed E-state index contributed by atoms with van der Waals surface area (Å²) in [7, 11) is 0. The van der Waals surface area contributed by atoms with E-state index in [1.807, 2.05) is 37.3 Å². The molecule has 0 saturated carbocycles. The summed E-state index contributed by atoms with van der Waals surface area (Å²) in [6.45, 7) is 6.74. The predicted octanol–water partition coefficient (Wildman–Crippen LogP) is 1.72. The Labute approximate surface area is 96.6 Å². The van der Waals surface area contributed by atoms with Crippen LogP contribution in [-0.4, -0.2) is 23.9 Å². The van der Waals surface area contributed by atoms with E-state index in [4.69, 9.17) is 5.73 Å². The van der Waals surface area contributed by atoms with Crippen molar-refractivity contribution >= 4 is 5.91 Å². The monoisotopic (exact) mass is 218 g/mol. The smallest absolute Gasteiger partial charge is 0.244 e. The van der Waals surface area contributed by atoms with Crippen LogP contribution >= 0.6 is 0 Å². The van der Waals surface area contributed by atoms with Gasteiger partial charge in [0.25, 0.3) is 0 Å². The summed E-state index contributed by atoms with van der Waals surface area (Å²) in [5, 5.41) is 0. The van der Waals surface area contributed by atoms with Gasteiger partial charge in [-0.15, -0.1) is 6.58 Å². The number of amides is 1. The molecule has 1 aromatic carbocycles. The van der Waals surface area contributed by atoms with Gasteiger partial charge in [0.1, 0.15) is 6.04 Å². The first-order chi connectivity index (χ1) is 7.70. The number of benzene rings is 1. The summed E-state index contributed by atoms with van der Waals surface area (Å²) in [5.74, 6) is -0.0615. The van der Waals surface area contributed by atoms with Crippen LogP contribution in [0.3, 0.4) is 0 Å². The second-order valence-corrected chi connectivity index (χ2v) is 3.55. The maximum Gasteiger partial charge on any atom is 0.244 e. The molecule has 0 fully saturated rings. The largest absolute Gasteiger partial charge is 0.338 e. The minimum Gasteiger partial charge on any atom is -0.338 e. The van der Waals surface area contributed by atoms with Gasteiger partial charge in [0.2, 0.25) is 5.91 Å². The Morgan fingerprint density at radius 3 is 2.62 bits per heavy atom. The van der Waals surface area contributed by atoms with E-state index in [0.29, 0.717) is 13.1 Å². The second-order valence-electron chi connectivity index (χ2n) is 3.55. The number of carbonyl (C=O) groups excluding carboxylic acids is 1. The molecule has 86 valence electrons. The first-order valence-corrected chi connectivity index (χ1v) is 5.41. The van der Waals surface area contributed by atoms with Gasteiger partial charge in [-0.3, -0.25) is 4.79 Å². The molecule has 0 unspecified atom stereocenters. The first kappa shape index (κ1) is 12.5. The van der Waals surface area contributed by atoms with Crippen molar-refractivity contribution in [2.75, 3.05) is 13.1 Å². The molecular formula is C13H18N2O. The molecule has 2 N–H and O–H groups in total. The number of nitrogens with zero attached hydrogens (tertiary/aromatic N) is 1. The van der Waals surface area contributed by atoms with Gasteiger partial charge in [-0.2, -0.15) is 0 Å². The lowest BCUT2D eigenvalue weighted by Crippen LogP contribution is -2.38. The average Bonchev–Trinajstić information content (AvgIpc) is 2.35. The highest BCUT2D eigenvalue weighted by Gasteiger charge is 2.19. The molecule has 3 nitrogen and oxygen atoms in total. The molecule has 0 spiro atoms. The Morgan fingerprint density at radius 1 is 1.50 bits per heavy atom. The molecule has 0 radical (unpaired) electrons. The Kier molecular flexibility index (Phi) is 4.73. The van der Waals surface area contributed by atoms with E-state index >= 15 is 0 Å². The third-order valence-electron chi connectivity index (χ3n) is 2.47. The third-order valence-corrected chi connectivity index (χ3v) is 2.47. The topological polar surface area (TPSA) is 46.3 Å². The van der Waals surface area contributed by atoms with Crippen molar-refractivity contribution in [2.24, 2.45) is 5.73 Å². The van der Waals surface area contributed by atoms with E-state index in [2.05, 4.69) is 6.58 Å². The molecule has 3 heteroatoms. The highest BCUT2D eigenvalue weighted by molar-refractivity contribution is 5.83. The molecule has 1 aromatic rings. The number of rotatable bonds is 5. The lowest BCUT2D eigenvalue weighted by molar-refractivity contribution is -0.132. The minimum absolute atomic E-state index is 0.0615. The average molecular weight is 218 g/mol. The van der Waals surface area contributed by atoms with E-state index in [1.54, 1.807) is 11.0 Å². The minimum atomic E-state index is -0.582. The summed E-state index contributed by atoms with van der Waals surface area (Å²) in [6, 6.07) is 8.82. The van der Waals surface area contributed by atoms with Crippen molar-refractivity contribution in [1.29, 1.82) is 0 Å². The zero-order chi connectivity index (χ0) is 12.0. The fourth-order valence-electron chi connectivity index (χ4n) is 1.53. The van der Waals surface area contributed by atoms with Gasteiger partial charge in [-0.05, 0) is 12.5 Å². The zero-order valence-electron chi connectivity index (χ0n) is 9.60. The number of hydrogen-bond acceptors (Lipinski definition) is 2. The fourth-order valence-corrected chi connectivity index (χ4v) is 1.53. The number of hydrogen-bond donors (Lipinski definition) is 1.